The molecule has 1 saturated heterocycles. The molecular formula is C17H21BrClNO2. The smallest absolute Gasteiger partial charge is 0.222 e. The molecule has 1 saturated carbocycles. The van der Waals surface area contributed by atoms with Gasteiger partial charge in [0.2, 0.25) is 5.91 Å². The Morgan fingerprint density at radius 3 is 2.86 bits per heavy atom. The van der Waals surface area contributed by atoms with Crippen molar-refractivity contribution >= 4 is 33.4 Å². The number of carbonyl (C=O) groups excluding carboxylic acids is 1. The third-order valence-corrected chi connectivity index (χ3v) is 5.81. The van der Waals surface area contributed by atoms with Gasteiger partial charge in [-0.05, 0) is 55.7 Å². The molecule has 5 heteroatoms. The van der Waals surface area contributed by atoms with Crippen LogP contribution in [0.25, 0.3) is 0 Å². The van der Waals surface area contributed by atoms with Crippen molar-refractivity contribution in [3.8, 4) is 0 Å². The summed E-state index contributed by atoms with van der Waals surface area (Å²) in [4.78, 5) is 14.0. The molecule has 1 aliphatic heterocycles. The summed E-state index contributed by atoms with van der Waals surface area (Å²) in [5.74, 6) is 0.452. The molecule has 3 atom stereocenters. The average Bonchev–Trinajstić information content (AvgIpc) is 2.90. The Morgan fingerprint density at radius 1 is 1.36 bits per heavy atom. The molecule has 2 fully saturated rings. The van der Waals surface area contributed by atoms with Crippen LogP contribution < -0.4 is 0 Å². The fraction of sp³-hybridized carbons (Fsp3) is 0.588. The largest absolute Gasteiger partial charge is 0.393 e. The zero-order valence-corrected chi connectivity index (χ0v) is 14.8. The highest BCUT2D eigenvalue weighted by atomic mass is 79.9. The highest BCUT2D eigenvalue weighted by Crippen LogP contribution is 2.34. The standard InChI is InChI=1S/C17H21BrClNO2/c18-13-4-3-11(15(19)10-13)8-12-9-14(5-6-16(12)21)20-7-1-2-17(20)22/h3-4,10,12,14,16,21H,1-2,5-9H2. The van der Waals surface area contributed by atoms with Gasteiger partial charge in [0.15, 0.2) is 0 Å². The summed E-state index contributed by atoms with van der Waals surface area (Å²) in [6.45, 7) is 0.880. The van der Waals surface area contributed by atoms with E-state index in [1.807, 2.05) is 23.1 Å². The Kier molecular flexibility index (Phi) is 5.10. The highest BCUT2D eigenvalue weighted by Gasteiger charge is 2.35. The van der Waals surface area contributed by atoms with Gasteiger partial charge in [-0.25, -0.2) is 0 Å². The van der Waals surface area contributed by atoms with Crippen LogP contribution >= 0.6 is 27.5 Å². The third-order valence-electron chi connectivity index (χ3n) is 4.96. The van der Waals surface area contributed by atoms with Crippen molar-refractivity contribution in [1.29, 1.82) is 0 Å². The minimum Gasteiger partial charge on any atom is -0.393 e. The number of aliphatic hydroxyl groups is 1. The predicted octanol–water partition coefficient (Wildman–Crippen LogP) is 3.80. The molecule has 0 aromatic heterocycles. The van der Waals surface area contributed by atoms with Crippen molar-refractivity contribution in [3.63, 3.8) is 0 Å². The molecule has 1 aromatic carbocycles. The van der Waals surface area contributed by atoms with Gasteiger partial charge in [-0.3, -0.25) is 4.79 Å². The van der Waals surface area contributed by atoms with E-state index in [-0.39, 0.29) is 24.0 Å². The number of likely N-dealkylation sites (tertiary alicyclic amines) is 1. The maximum atomic E-state index is 11.9. The second kappa shape index (κ2) is 6.90. The molecule has 1 amide bonds. The van der Waals surface area contributed by atoms with E-state index in [9.17, 15) is 9.90 Å². The summed E-state index contributed by atoms with van der Waals surface area (Å²) in [7, 11) is 0. The first-order valence-corrected chi connectivity index (χ1v) is 9.13. The molecule has 3 unspecified atom stereocenters. The van der Waals surface area contributed by atoms with Crippen LogP contribution in [0.5, 0.6) is 0 Å². The van der Waals surface area contributed by atoms with Crippen LogP contribution in [0.4, 0.5) is 0 Å². The molecular weight excluding hydrogens is 366 g/mol. The first-order chi connectivity index (χ1) is 10.5. The Bertz CT molecular complexity index is 566. The van der Waals surface area contributed by atoms with Crippen molar-refractivity contribution < 1.29 is 9.90 Å². The van der Waals surface area contributed by atoms with Crippen LogP contribution in [-0.4, -0.2) is 34.6 Å². The SMILES string of the molecule is O=C1CCCN1C1CCC(O)C(Cc2ccc(Br)cc2Cl)C1. The molecule has 1 heterocycles. The quantitative estimate of drug-likeness (QED) is 0.858. The van der Waals surface area contributed by atoms with Gasteiger partial charge in [-0.2, -0.15) is 0 Å². The molecule has 0 spiro atoms. The van der Waals surface area contributed by atoms with E-state index in [0.717, 1.165) is 53.7 Å². The molecule has 1 aromatic rings. The number of halogens is 2. The summed E-state index contributed by atoms with van der Waals surface area (Å²) in [5.41, 5.74) is 1.07. The van der Waals surface area contributed by atoms with Gasteiger partial charge in [0.1, 0.15) is 0 Å². The number of benzene rings is 1. The first kappa shape index (κ1) is 16.3. The summed E-state index contributed by atoms with van der Waals surface area (Å²) < 4.78 is 0.964. The first-order valence-electron chi connectivity index (χ1n) is 7.96. The highest BCUT2D eigenvalue weighted by molar-refractivity contribution is 9.10. The van der Waals surface area contributed by atoms with Crippen molar-refractivity contribution in [2.75, 3.05) is 6.54 Å². The van der Waals surface area contributed by atoms with E-state index in [1.165, 1.54) is 0 Å². The lowest BCUT2D eigenvalue weighted by Gasteiger charge is -2.38. The lowest BCUT2D eigenvalue weighted by atomic mass is 9.79. The van der Waals surface area contributed by atoms with Gasteiger partial charge in [0.25, 0.3) is 0 Å². The van der Waals surface area contributed by atoms with Gasteiger partial charge in [-0.15, -0.1) is 0 Å². The summed E-state index contributed by atoms with van der Waals surface area (Å²) >= 11 is 9.72. The van der Waals surface area contributed by atoms with E-state index >= 15 is 0 Å². The van der Waals surface area contributed by atoms with Crippen molar-refractivity contribution in [2.24, 2.45) is 5.92 Å². The number of rotatable bonds is 3. The fourth-order valence-electron chi connectivity index (χ4n) is 3.75. The van der Waals surface area contributed by atoms with E-state index in [0.29, 0.717) is 6.42 Å². The van der Waals surface area contributed by atoms with Gasteiger partial charge >= 0.3 is 0 Å². The molecule has 3 rings (SSSR count). The van der Waals surface area contributed by atoms with Crippen LogP contribution in [0.3, 0.4) is 0 Å². The van der Waals surface area contributed by atoms with Crippen LogP contribution in [0.15, 0.2) is 22.7 Å². The number of hydrogen-bond acceptors (Lipinski definition) is 2. The zero-order chi connectivity index (χ0) is 15.7. The number of aliphatic hydroxyl groups excluding tert-OH is 1. The second-order valence-electron chi connectivity index (χ2n) is 6.42. The maximum Gasteiger partial charge on any atom is 0.222 e. The summed E-state index contributed by atoms with van der Waals surface area (Å²) in [5, 5.41) is 11.1. The Labute approximate surface area is 144 Å². The van der Waals surface area contributed by atoms with E-state index in [4.69, 9.17) is 11.6 Å². The topological polar surface area (TPSA) is 40.5 Å². The van der Waals surface area contributed by atoms with Crippen LogP contribution in [0.1, 0.15) is 37.7 Å². The van der Waals surface area contributed by atoms with Crippen LogP contribution in [0.2, 0.25) is 5.02 Å². The van der Waals surface area contributed by atoms with E-state index in [1.54, 1.807) is 0 Å². The third kappa shape index (κ3) is 3.50. The normalized spacial score (nSPS) is 29.1. The summed E-state index contributed by atoms with van der Waals surface area (Å²) in [6, 6.07) is 6.19. The molecule has 1 N–H and O–H groups in total. The van der Waals surface area contributed by atoms with Crippen molar-refractivity contribution in [3.05, 3.63) is 33.3 Å². The Morgan fingerprint density at radius 2 is 2.18 bits per heavy atom. The van der Waals surface area contributed by atoms with E-state index in [2.05, 4.69) is 15.9 Å². The van der Waals surface area contributed by atoms with Gasteiger partial charge in [-0.1, -0.05) is 33.6 Å². The minimum absolute atomic E-state index is 0.172. The van der Waals surface area contributed by atoms with Crippen LogP contribution in [0, 0.1) is 5.92 Å². The van der Waals surface area contributed by atoms with Crippen LogP contribution in [-0.2, 0) is 11.2 Å². The monoisotopic (exact) mass is 385 g/mol. The average molecular weight is 387 g/mol. The van der Waals surface area contributed by atoms with Gasteiger partial charge < -0.3 is 10.0 Å². The Hall–Kier alpha value is -0.580. The molecule has 1 aliphatic carbocycles. The molecule has 0 radical (unpaired) electrons. The minimum atomic E-state index is -0.298. The predicted molar refractivity (Wildman–Crippen MR) is 90.9 cm³/mol. The number of hydrogen-bond donors (Lipinski definition) is 1. The lowest BCUT2D eigenvalue weighted by Crippen LogP contribution is -2.43. The molecule has 2 aliphatic rings. The Balaban J connectivity index is 1.70. The maximum absolute atomic E-state index is 11.9. The number of carbonyl (C=O) groups is 1. The number of amides is 1. The molecule has 120 valence electrons. The fourth-order valence-corrected chi connectivity index (χ4v) is 4.50. The van der Waals surface area contributed by atoms with Crippen molar-refractivity contribution in [2.45, 2.75) is 50.7 Å². The van der Waals surface area contributed by atoms with Gasteiger partial charge in [0, 0.05) is 28.5 Å². The second-order valence-corrected chi connectivity index (χ2v) is 7.75. The van der Waals surface area contributed by atoms with Crippen molar-refractivity contribution in [1.82, 2.24) is 4.90 Å². The summed E-state index contributed by atoms with van der Waals surface area (Å²) in [6.07, 6.45) is 4.69. The molecule has 22 heavy (non-hydrogen) atoms. The molecule has 0 bridgehead atoms. The zero-order valence-electron chi connectivity index (χ0n) is 12.5. The molecule has 3 nitrogen and oxygen atoms in total. The lowest BCUT2D eigenvalue weighted by molar-refractivity contribution is -0.131. The van der Waals surface area contributed by atoms with E-state index < -0.39 is 0 Å². The number of nitrogens with zero attached hydrogens (tertiary/aromatic N) is 1. The van der Waals surface area contributed by atoms with Gasteiger partial charge in [0.05, 0.1) is 6.10 Å².